The second-order valence-electron chi connectivity index (χ2n) is 3.29. The topological polar surface area (TPSA) is 98.3 Å². The number of amides is 1. The molecule has 0 saturated carbocycles. The number of nitro groups is 1. The summed E-state index contributed by atoms with van der Waals surface area (Å²) in [6.07, 6.45) is 2.35. The molecule has 7 nitrogen and oxygen atoms in total. The molecule has 0 bridgehead atoms. The minimum absolute atomic E-state index is 0.221. The van der Waals surface area contributed by atoms with Crippen LogP contribution in [0.3, 0.4) is 0 Å². The zero-order valence-electron chi connectivity index (χ0n) is 8.79. The van der Waals surface area contributed by atoms with Crippen LogP contribution >= 0.6 is 0 Å². The SMILES string of the molecule is O=C(Nc1cnoc1)c1cc(F)ccc1[N+](=O)[O-]. The Morgan fingerprint density at radius 1 is 1.50 bits per heavy atom. The van der Waals surface area contributed by atoms with Crippen LogP contribution in [0.1, 0.15) is 10.4 Å². The average Bonchev–Trinajstić information content (AvgIpc) is 2.81. The van der Waals surface area contributed by atoms with Crippen LogP contribution in [-0.4, -0.2) is 16.0 Å². The molecule has 8 heteroatoms. The molecule has 1 amide bonds. The van der Waals surface area contributed by atoms with Crippen LogP contribution in [-0.2, 0) is 0 Å². The summed E-state index contributed by atoms with van der Waals surface area (Å²) >= 11 is 0. The highest BCUT2D eigenvalue weighted by molar-refractivity contribution is 6.06. The van der Waals surface area contributed by atoms with Crippen LogP contribution in [0.4, 0.5) is 15.8 Å². The van der Waals surface area contributed by atoms with E-state index >= 15 is 0 Å². The predicted octanol–water partition coefficient (Wildman–Crippen LogP) is 1.97. The maximum Gasteiger partial charge on any atom is 0.282 e. The van der Waals surface area contributed by atoms with Gasteiger partial charge in [-0.05, 0) is 12.1 Å². The predicted molar refractivity (Wildman–Crippen MR) is 57.5 cm³/mol. The number of nitro benzene ring substituents is 1. The normalized spacial score (nSPS) is 10.1. The number of halogens is 1. The van der Waals surface area contributed by atoms with Crippen molar-refractivity contribution in [2.75, 3.05) is 5.32 Å². The number of carbonyl (C=O) groups is 1. The van der Waals surface area contributed by atoms with Gasteiger partial charge in [-0.1, -0.05) is 5.16 Å². The molecule has 0 fully saturated rings. The van der Waals surface area contributed by atoms with Crippen molar-refractivity contribution in [3.05, 3.63) is 52.2 Å². The third-order valence-corrected chi connectivity index (χ3v) is 2.09. The molecule has 92 valence electrons. The minimum atomic E-state index is -0.815. The van der Waals surface area contributed by atoms with Crippen molar-refractivity contribution >= 4 is 17.3 Å². The standard InChI is InChI=1S/C10H6FN3O4/c11-6-1-2-9(14(16)17)8(3-6)10(15)13-7-4-12-18-5-7/h1-5H,(H,13,15). The number of carbonyl (C=O) groups excluding carboxylic acids is 1. The molecule has 0 saturated heterocycles. The summed E-state index contributed by atoms with van der Waals surface area (Å²) < 4.78 is 17.5. The molecule has 2 rings (SSSR count). The quantitative estimate of drug-likeness (QED) is 0.664. The Morgan fingerprint density at radius 2 is 2.28 bits per heavy atom. The molecular weight excluding hydrogens is 245 g/mol. The maximum atomic E-state index is 13.0. The summed E-state index contributed by atoms with van der Waals surface area (Å²) in [7, 11) is 0. The lowest BCUT2D eigenvalue weighted by Crippen LogP contribution is -2.13. The molecule has 1 heterocycles. The molecule has 1 N–H and O–H groups in total. The molecule has 0 atom stereocenters. The van der Waals surface area contributed by atoms with E-state index in [1.54, 1.807) is 0 Å². The zero-order valence-corrected chi connectivity index (χ0v) is 8.79. The highest BCUT2D eigenvalue weighted by Crippen LogP contribution is 2.20. The van der Waals surface area contributed by atoms with Crippen LogP contribution in [0.25, 0.3) is 0 Å². The first-order chi connectivity index (χ1) is 8.58. The Bertz CT molecular complexity index is 597. The van der Waals surface area contributed by atoms with Crippen molar-refractivity contribution in [1.29, 1.82) is 0 Å². The van der Waals surface area contributed by atoms with Gasteiger partial charge in [0.05, 0.1) is 11.1 Å². The third kappa shape index (κ3) is 2.32. The number of nitrogens with zero attached hydrogens (tertiary/aromatic N) is 2. The van der Waals surface area contributed by atoms with Crippen molar-refractivity contribution in [3.8, 4) is 0 Å². The van der Waals surface area contributed by atoms with E-state index in [0.717, 1.165) is 24.5 Å². The monoisotopic (exact) mass is 251 g/mol. The molecule has 1 aromatic heterocycles. The number of aromatic nitrogens is 1. The number of benzene rings is 1. The van der Waals surface area contributed by atoms with Crippen molar-refractivity contribution in [2.45, 2.75) is 0 Å². The van der Waals surface area contributed by atoms with Gasteiger partial charge in [0.2, 0.25) is 0 Å². The first kappa shape index (κ1) is 11.7. The van der Waals surface area contributed by atoms with Gasteiger partial charge < -0.3 is 9.84 Å². The van der Waals surface area contributed by atoms with E-state index in [1.807, 2.05) is 0 Å². The summed E-state index contributed by atoms with van der Waals surface area (Å²) in [5.74, 6) is -1.56. The van der Waals surface area contributed by atoms with Crippen LogP contribution in [0.15, 0.2) is 35.2 Å². The molecule has 1 aromatic carbocycles. The van der Waals surface area contributed by atoms with Gasteiger partial charge in [-0.2, -0.15) is 0 Å². The molecule has 0 radical (unpaired) electrons. The number of hydrogen-bond donors (Lipinski definition) is 1. The van der Waals surface area contributed by atoms with E-state index in [1.165, 1.54) is 6.20 Å². The summed E-state index contributed by atoms with van der Waals surface area (Å²) in [4.78, 5) is 21.7. The second kappa shape index (κ2) is 4.62. The largest absolute Gasteiger partial charge is 0.363 e. The fourth-order valence-electron chi connectivity index (χ4n) is 1.31. The lowest BCUT2D eigenvalue weighted by atomic mass is 10.1. The van der Waals surface area contributed by atoms with Gasteiger partial charge in [-0.3, -0.25) is 14.9 Å². The fraction of sp³-hybridized carbons (Fsp3) is 0. The number of nitrogens with one attached hydrogen (secondary N) is 1. The summed E-state index contributed by atoms with van der Waals surface area (Å²) in [5, 5.41) is 16.4. The van der Waals surface area contributed by atoms with E-state index < -0.39 is 22.3 Å². The second-order valence-corrected chi connectivity index (χ2v) is 3.29. The Hall–Kier alpha value is -2.77. The van der Waals surface area contributed by atoms with Gasteiger partial charge >= 0.3 is 0 Å². The molecule has 0 unspecified atom stereocenters. The van der Waals surface area contributed by atoms with Gasteiger partial charge in [0.15, 0.2) is 0 Å². The Balaban J connectivity index is 2.34. The number of anilines is 1. The van der Waals surface area contributed by atoms with Crippen molar-refractivity contribution in [3.63, 3.8) is 0 Å². The van der Waals surface area contributed by atoms with E-state index in [4.69, 9.17) is 0 Å². The van der Waals surface area contributed by atoms with Crippen LogP contribution in [0, 0.1) is 15.9 Å². The lowest BCUT2D eigenvalue weighted by Gasteiger charge is -2.03. The smallest absolute Gasteiger partial charge is 0.282 e. The molecule has 18 heavy (non-hydrogen) atoms. The van der Waals surface area contributed by atoms with Gasteiger partial charge in [0.25, 0.3) is 11.6 Å². The Labute approximate surface area is 99.3 Å². The molecule has 0 aliphatic heterocycles. The van der Waals surface area contributed by atoms with Gasteiger partial charge in [-0.15, -0.1) is 0 Å². The number of rotatable bonds is 3. The van der Waals surface area contributed by atoms with E-state index in [2.05, 4.69) is 15.0 Å². The minimum Gasteiger partial charge on any atom is -0.363 e. The van der Waals surface area contributed by atoms with E-state index in [9.17, 15) is 19.3 Å². The van der Waals surface area contributed by atoms with Gasteiger partial charge in [0, 0.05) is 6.07 Å². The van der Waals surface area contributed by atoms with Crippen LogP contribution in [0.5, 0.6) is 0 Å². The fourth-order valence-corrected chi connectivity index (χ4v) is 1.31. The van der Waals surface area contributed by atoms with Gasteiger partial charge in [0.1, 0.15) is 23.3 Å². The molecule has 2 aromatic rings. The molecule has 0 aliphatic rings. The number of hydrogen-bond acceptors (Lipinski definition) is 5. The first-order valence-corrected chi connectivity index (χ1v) is 4.72. The van der Waals surface area contributed by atoms with E-state index in [0.29, 0.717) is 0 Å². The van der Waals surface area contributed by atoms with Crippen LogP contribution < -0.4 is 5.32 Å². The van der Waals surface area contributed by atoms with Crippen molar-refractivity contribution in [2.24, 2.45) is 0 Å². The highest BCUT2D eigenvalue weighted by atomic mass is 19.1. The lowest BCUT2D eigenvalue weighted by molar-refractivity contribution is -0.385. The van der Waals surface area contributed by atoms with Crippen LogP contribution in [0.2, 0.25) is 0 Å². The van der Waals surface area contributed by atoms with Crippen molar-refractivity contribution in [1.82, 2.24) is 5.16 Å². The average molecular weight is 251 g/mol. The summed E-state index contributed by atoms with van der Waals surface area (Å²) in [6.45, 7) is 0. The molecule has 0 aliphatic carbocycles. The van der Waals surface area contributed by atoms with E-state index in [-0.39, 0.29) is 11.3 Å². The Kier molecular flexibility index (Phi) is 3.00. The third-order valence-electron chi connectivity index (χ3n) is 2.09. The zero-order chi connectivity index (χ0) is 13.1. The summed E-state index contributed by atoms with van der Waals surface area (Å²) in [5.41, 5.74) is -0.634. The highest BCUT2D eigenvalue weighted by Gasteiger charge is 2.21. The maximum absolute atomic E-state index is 13.0. The molecule has 0 spiro atoms. The van der Waals surface area contributed by atoms with Crippen molar-refractivity contribution < 1.29 is 18.6 Å². The Morgan fingerprint density at radius 3 is 2.89 bits per heavy atom. The van der Waals surface area contributed by atoms with Gasteiger partial charge in [-0.25, -0.2) is 4.39 Å². The summed E-state index contributed by atoms with van der Waals surface area (Å²) in [6, 6.07) is 2.63. The molecular formula is C10H6FN3O4. The first-order valence-electron chi connectivity index (χ1n) is 4.72.